The van der Waals surface area contributed by atoms with Crippen molar-refractivity contribution in [1.82, 2.24) is 29.1 Å². The lowest BCUT2D eigenvalue weighted by Crippen LogP contribution is -2.48. The summed E-state index contributed by atoms with van der Waals surface area (Å²) in [5.74, 6) is -4.76. The number of imide groups is 1. The minimum atomic E-state index is -4.79. The molecule has 44 heavy (non-hydrogen) atoms. The van der Waals surface area contributed by atoms with Gasteiger partial charge < -0.3 is 19.1 Å². The molecule has 0 aliphatic carbocycles. The van der Waals surface area contributed by atoms with Gasteiger partial charge in [-0.3, -0.25) is 19.3 Å². The molecule has 0 atom stereocenters. The minimum absolute atomic E-state index is 0.00863. The number of carbonyl (C=O) groups excluding carboxylic acids is 3. The molecule has 10 nitrogen and oxygen atoms in total. The highest BCUT2D eigenvalue weighted by Crippen LogP contribution is 2.41. The maximum absolute atomic E-state index is 14.2. The van der Waals surface area contributed by atoms with Crippen LogP contribution in [-0.4, -0.2) is 80.4 Å². The normalized spacial score (nSPS) is 19.1. The van der Waals surface area contributed by atoms with Gasteiger partial charge in [-0.25, -0.2) is 18.6 Å². The van der Waals surface area contributed by atoms with Gasteiger partial charge in [0, 0.05) is 49.5 Å². The summed E-state index contributed by atoms with van der Waals surface area (Å²) in [5, 5.41) is 2.32. The summed E-state index contributed by atoms with van der Waals surface area (Å²) in [4.78, 5) is 46.2. The topological polar surface area (TPSA) is 101 Å². The SMILES string of the molecule is O=C1NC(=O)C(c2cnc3ccccn23)=C1c1cn2c3c(cc(C(F)(F)F)cc13)CN(C(=O)N1CCOCC(F)(F)C1)CC2. The van der Waals surface area contributed by atoms with E-state index in [1.807, 2.05) is 0 Å². The van der Waals surface area contributed by atoms with Crippen LogP contribution in [0.2, 0.25) is 0 Å². The number of ether oxygens (including phenoxy) is 1. The van der Waals surface area contributed by atoms with E-state index in [9.17, 15) is 36.3 Å². The standard InChI is InChI=1S/C29H23F5N6O4/c30-28(31)14-39(7-8-44-15-28)27(43)38-6-5-37-13-19(18-10-17(29(32,33)34)9-16(12-38)24(18)37)22-23(26(42)36-25(22)41)20-11-35-21-3-1-2-4-40(20)21/h1-4,9-11,13H,5-8,12,14-15H2,(H,36,41,42). The van der Waals surface area contributed by atoms with Gasteiger partial charge in [-0.05, 0) is 29.8 Å². The van der Waals surface area contributed by atoms with E-state index in [2.05, 4.69) is 10.3 Å². The molecule has 1 saturated heterocycles. The number of alkyl halides is 5. The van der Waals surface area contributed by atoms with Crippen LogP contribution < -0.4 is 5.32 Å². The third-order valence-corrected chi connectivity index (χ3v) is 8.01. The van der Waals surface area contributed by atoms with Crippen molar-refractivity contribution in [3.8, 4) is 0 Å². The molecule has 3 aromatic heterocycles. The summed E-state index contributed by atoms with van der Waals surface area (Å²) in [5.41, 5.74) is 0.189. The number of imidazole rings is 1. The Hall–Kier alpha value is -4.79. The second-order valence-corrected chi connectivity index (χ2v) is 10.9. The number of hydrogen-bond donors (Lipinski definition) is 1. The molecule has 0 radical (unpaired) electrons. The number of carbonyl (C=O) groups is 3. The maximum atomic E-state index is 14.2. The van der Waals surface area contributed by atoms with E-state index in [1.54, 1.807) is 33.4 Å². The van der Waals surface area contributed by atoms with Crippen LogP contribution in [0.15, 0.2) is 48.9 Å². The maximum Gasteiger partial charge on any atom is 0.416 e. The van der Waals surface area contributed by atoms with Crippen molar-refractivity contribution in [3.05, 3.63) is 71.3 Å². The molecule has 4 amide bonds. The highest BCUT2D eigenvalue weighted by molar-refractivity contribution is 6.49. The third kappa shape index (κ3) is 4.58. The number of rotatable bonds is 2. The summed E-state index contributed by atoms with van der Waals surface area (Å²) >= 11 is 0. The fraction of sp³-hybridized carbons (Fsp3) is 0.310. The van der Waals surface area contributed by atoms with Crippen LogP contribution in [0.1, 0.15) is 22.4 Å². The molecule has 7 rings (SSSR count). The number of urea groups is 1. The third-order valence-electron chi connectivity index (χ3n) is 8.01. The molecule has 228 valence electrons. The Balaban J connectivity index is 1.38. The number of aromatic nitrogens is 3. The number of benzene rings is 1. The molecule has 0 spiro atoms. The Morgan fingerprint density at radius 2 is 1.82 bits per heavy atom. The first-order valence-corrected chi connectivity index (χ1v) is 13.7. The van der Waals surface area contributed by atoms with Gasteiger partial charge in [0.25, 0.3) is 17.7 Å². The number of amides is 4. The van der Waals surface area contributed by atoms with E-state index in [4.69, 9.17) is 4.74 Å². The fourth-order valence-corrected chi connectivity index (χ4v) is 6.10. The van der Waals surface area contributed by atoms with E-state index in [0.29, 0.717) is 11.2 Å². The predicted molar refractivity (Wildman–Crippen MR) is 145 cm³/mol. The monoisotopic (exact) mass is 614 g/mol. The van der Waals surface area contributed by atoms with Crippen LogP contribution in [0.5, 0.6) is 0 Å². The molecular weight excluding hydrogens is 591 g/mol. The first-order valence-electron chi connectivity index (χ1n) is 13.7. The van der Waals surface area contributed by atoms with Crippen molar-refractivity contribution < 1.29 is 41.1 Å². The molecule has 0 bridgehead atoms. The van der Waals surface area contributed by atoms with Crippen LogP contribution >= 0.6 is 0 Å². The lowest BCUT2D eigenvalue weighted by atomic mass is 9.96. The molecule has 3 aliphatic heterocycles. The van der Waals surface area contributed by atoms with Crippen molar-refractivity contribution >= 4 is 45.5 Å². The van der Waals surface area contributed by atoms with Crippen molar-refractivity contribution in [3.63, 3.8) is 0 Å². The second kappa shape index (κ2) is 9.87. The van der Waals surface area contributed by atoms with Crippen LogP contribution in [0.4, 0.5) is 26.7 Å². The lowest BCUT2D eigenvalue weighted by molar-refractivity contribution is -0.137. The number of halogens is 5. The summed E-state index contributed by atoms with van der Waals surface area (Å²) in [6, 6.07) is 6.25. The van der Waals surface area contributed by atoms with E-state index in [1.165, 1.54) is 17.3 Å². The molecule has 4 aromatic rings. The first-order chi connectivity index (χ1) is 20.9. The van der Waals surface area contributed by atoms with Crippen molar-refractivity contribution in [2.24, 2.45) is 0 Å². The summed E-state index contributed by atoms with van der Waals surface area (Å²) in [7, 11) is 0. The first kappa shape index (κ1) is 28.0. The van der Waals surface area contributed by atoms with E-state index < -0.39 is 48.7 Å². The van der Waals surface area contributed by atoms with Gasteiger partial charge >= 0.3 is 12.2 Å². The number of fused-ring (bicyclic) bond motifs is 1. The molecule has 6 heterocycles. The molecule has 3 aliphatic rings. The molecule has 0 unspecified atom stereocenters. The van der Waals surface area contributed by atoms with Crippen LogP contribution in [0.3, 0.4) is 0 Å². The Morgan fingerprint density at radius 3 is 2.61 bits per heavy atom. The zero-order chi connectivity index (χ0) is 31.0. The Kier molecular flexibility index (Phi) is 6.28. The number of pyridine rings is 1. The average Bonchev–Trinajstić information content (AvgIpc) is 3.54. The van der Waals surface area contributed by atoms with Gasteiger partial charge in [0.05, 0.1) is 47.3 Å². The highest BCUT2D eigenvalue weighted by Gasteiger charge is 2.40. The second-order valence-electron chi connectivity index (χ2n) is 10.9. The van der Waals surface area contributed by atoms with Gasteiger partial charge in [-0.2, -0.15) is 13.2 Å². The largest absolute Gasteiger partial charge is 0.416 e. The Morgan fingerprint density at radius 1 is 1.02 bits per heavy atom. The lowest BCUT2D eigenvalue weighted by Gasteiger charge is -2.30. The Bertz CT molecular complexity index is 1910. The van der Waals surface area contributed by atoms with Crippen LogP contribution in [0, 0.1) is 0 Å². The number of hydrogen-bond acceptors (Lipinski definition) is 5. The molecule has 0 saturated carbocycles. The van der Waals surface area contributed by atoms with Crippen LogP contribution in [0.25, 0.3) is 27.7 Å². The van der Waals surface area contributed by atoms with Gasteiger partial charge in [-0.15, -0.1) is 0 Å². The zero-order valence-corrected chi connectivity index (χ0v) is 22.8. The van der Waals surface area contributed by atoms with Gasteiger partial charge in [0.2, 0.25) is 0 Å². The van der Waals surface area contributed by atoms with E-state index in [0.717, 1.165) is 17.0 Å². The average molecular weight is 615 g/mol. The predicted octanol–water partition coefficient (Wildman–Crippen LogP) is 3.78. The van der Waals surface area contributed by atoms with Crippen molar-refractivity contribution in [2.75, 3.05) is 32.8 Å². The van der Waals surface area contributed by atoms with Gasteiger partial charge in [-0.1, -0.05) is 6.07 Å². The highest BCUT2D eigenvalue weighted by atomic mass is 19.4. The fourth-order valence-electron chi connectivity index (χ4n) is 6.10. The smallest absolute Gasteiger partial charge is 0.373 e. The van der Waals surface area contributed by atoms with Gasteiger partial charge in [0.1, 0.15) is 12.3 Å². The number of nitrogens with one attached hydrogen (secondary N) is 1. The molecule has 15 heteroatoms. The van der Waals surface area contributed by atoms with Gasteiger partial charge in [0.15, 0.2) is 0 Å². The molecule has 1 N–H and O–H groups in total. The summed E-state index contributed by atoms with van der Waals surface area (Å²) in [6.45, 7) is -2.11. The molecule has 1 fully saturated rings. The summed E-state index contributed by atoms with van der Waals surface area (Å²) < 4.78 is 79.2. The van der Waals surface area contributed by atoms with Crippen molar-refractivity contribution in [1.29, 1.82) is 0 Å². The van der Waals surface area contributed by atoms with E-state index in [-0.39, 0.29) is 66.1 Å². The summed E-state index contributed by atoms with van der Waals surface area (Å²) in [6.07, 6.45) is -0.231. The minimum Gasteiger partial charge on any atom is -0.373 e. The quantitative estimate of drug-likeness (QED) is 0.274. The van der Waals surface area contributed by atoms with E-state index >= 15 is 0 Å². The van der Waals surface area contributed by atoms with Crippen molar-refractivity contribution in [2.45, 2.75) is 25.2 Å². The zero-order valence-electron chi connectivity index (χ0n) is 22.8. The molecule has 1 aromatic carbocycles. The Labute approximate surface area is 245 Å². The van der Waals surface area contributed by atoms with Crippen LogP contribution in [-0.2, 0) is 33.6 Å². The molecular formula is C29H23F5N6O4. The number of nitrogens with zero attached hydrogens (tertiary/aromatic N) is 5.